The van der Waals surface area contributed by atoms with E-state index in [-0.39, 0.29) is 23.3 Å². The van der Waals surface area contributed by atoms with Gasteiger partial charge in [-0.15, -0.1) is 0 Å². The molecule has 0 aliphatic carbocycles. The van der Waals surface area contributed by atoms with Crippen LogP contribution in [0.2, 0.25) is 5.02 Å². The molecule has 3 N–H and O–H groups in total. The van der Waals surface area contributed by atoms with Gasteiger partial charge < -0.3 is 19.9 Å². The molecule has 1 amide bonds. The first-order valence-corrected chi connectivity index (χ1v) is 7.78. The smallest absolute Gasteiger partial charge is 0.340 e. The van der Waals surface area contributed by atoms with E-state index >= 15 is 0 Å². The normalized spacial score (nSPS) is 10.8. The van der Waals surface area contributed by atoms with Gasteiger partial charge in [0.25, 0.3) is 0 Å². The van der Waals surface area contributed by atoms with E-state index in [1.54, 1.807) is 31.2 Å². The van der Waals surface area contributed by atoms with Crippen LogP contribution >= 0.6 is 11.6 Å². The molecule has 0 saturated heterocycles. The van der Waals surface area contributed by atoms with Crippen LogP contribution in [0.1, 0.15) is 11.1 Å². The molecule has 0 atom stereocenters. The van der Waals surface area contributed by atoms with Crippen molar-refractivity contribution in [3.63, 3.8) is 0 Å². The van der Waals surface area contributed by atoms with Gasteiger partial charge in [0, 0.05) is 5.39 Å². The number of para-hydroxylation sites is 1. The van der Waals surface area contributed by atoms with Crippen molar-refractivity contribution in [1.82, 2.24) is 0 Å². The molecular formula is C18H14ClNO5. The Morgan fingerprint density at radius 1 is 1.20 bits per heavy atom. The van der Waals surface area contributed by atoms with Gasteiger partial charge in [-0.3, -0.25) is 4.79 Å². The predicted molar refractivity (Wildman–Crippen MR) is 94.3 cm³/mol. The molecule has 0 fully saturated rings. The highest BCUT2D eigenvalue weighted by Gasteiger charge is 2.18. The lowest BCUT2D eigenvalue weighted by atomic mass is 10.0. The van der Waals surface area contributed by atoms with Crippen molar-refractivity contribution in [2.24, 2.45) is 0 Å². The highest BCUT2D eigenvalue weighted by Crippen LogP contribution is 2.34. The summed E-state index contributed by atoms with van der Waals surface area (Å²) in [7, 11) is 0. The lowest BCUT2D eigenvalue weighted by Crippen LogP contribution is -2.20. The number of aryl methyl sites for hydroxylation is 1. The van der Waals surface area contributed by atoms with Crippen molar-refractivity contribution in [2.75, 3.05) is 5.32 Å². The van der Waals surface area contributed by atoms with E-state index in [9.17, 15) is 19.8 Å². The molecular weight excluding hydrogens is 346 g/mol. The number of fused-ring (bicyclic) bond motifs is 1. The largest absolute Gasteiger partial charge is 0.504 e. The molecule has 0 spiro atoms. The van der Waals surface area contributed by atoms with Crippen LogP contribution < -0.4 is 10.9 Å². The van der Waals surface area contributed by atoms with E-state index in [4.69, 9.17) is 16.0 Å². The number of carbonyl (C=O) groups is 1. The molecule has 0 bridgehead atoms. The molecule has 0 unspecified atom stereocenters. The molecule has 0 radical (unpaired) electrons. The second-order valence-corrected chi connectivity index (χ2v) is 5.92. The Balaban J connectivity index is 1.97. The number of anilines is 1. The first kappa shape index (κ1) is 16.9. The molecule has 0 saturated carbocycles. The highest BCUT2D eigenvalue weighted by atomic mass is 35.5. The molecule has 25 heavy (non-hydrogen) atoms. The molecule has 128 valence electrons. The Morgan fingerprint density at radius 3 is 2.64 bits per heavy atom. The minimum Gasteiger partial charge on any atom is -0.504 e. The summed E-state index contributed by atoms with van der Waals surface area (Å²) in [5, 5.41) is 22.8. The van der Waals surface area contributed by atoms with Crippen LogP contribution in [0.25, 0.3) is 11.0 Å². The lowest BCUT2D eigenvalue weighted by Gasteiger charge is -2.10. The van der Waals surface area contributed by atoms with Gasteiger partial charge in [0.05, 0.1) is 22.7 Å². The number of amides is 1. The van der Waals surface area contributed by atoms with E-state index in [0.717, 1.165) is 0 Å². The molecule has 3 aromatic rings. The minimum absolute atomic E-state index is 0.113. The fraction of sp³-hybridized carbons (Fsp3) is 0.111. The lowest BCUT2D eigenvalue weighted by molar-refractivity contribution is -0.115. The maximum absolute atomic E-state index is 12.3. The molecule has 6 nitrogen and oxygen atoms in total. The molecule has 7 heteroatoms. The van der Waals surface area contributed by atoms with Crippen molar-refractivity contribution in [3.05, 3.63) is 63.0 Å². The fourth-order valence-electron chi connectivity index (χ4n) is 2.55. The number of hydrogen-bond acceptors (Lipinski definition) is 5. The summed E-state index contributed by atoms with van der Waals surface area (Å²) >= 11 is 6.00. The molecule has 0 aliphatic heterocycles. The van der Waals surface area contributed by atoms with Crippen LogP contribution in [0.15, 0.2) is 45.6 Å². The molecule has 2 aromatic carbocycles. The summed E-state index contributed by atoms with van der Waals surface area (Å²) in [6.45, 7) is 1.65. The van der Waals surface area contributed by atoms with Gasteiger partial charge in [-0.25, -0.2) is 4.79 Å². The van der Waals surface area contributed by atoms with Crippen LogP contribution in [-0.4, -0.2) is 16.1 Å². The average Bonchev–Trinajstić information content (AvgIpc) is 2.57. The van der Waals surface area contributed by atoms with E-state index in [1.165, 1.54) is 12.1 Å². The zero-order chi connectivity index (χ0) is 18.1. The van der Waals surface area contributed by atoms with Crippen molar-refractivity contribution in [1.29, 1.82) is 0 Å². The summed E-state index contributed by atoms with van der Waals surface area (Å²) in [5.41, 5.74) is 0.246. The fourth-order valence-corrected chi connectivity index (χ4v) is 2.73. The van der Waals surface area contributed by atoms with Gasteiger partial charge in [-0.05, 0) is 36.8 Å². The van der Waals surface area contributed by atoms with Crippen LogP contribution in [0.5, 0.6) is 11.5 Å². The van der Waals surface area contributed by atoms with E-state index < -0.39 is 17.3 Å². The molecule has 0 aliphatic rings. The van der Waals surface area contributed by atoms with Crippen molar-refractivity contribution in [3.8, 4) is 11.5 Å². The number of phenolic OH excluding ortho intramolecular Hbond substituents is 2. The predicted octanol–water partition coefficient (Wildman–Crippen LogP) is 3.35. The van der Waals surface area contributed by atoms with Crippen molar-refractivity contribution in [2.45, 2.75) is 13.3 Å². The number of aromatic hydroxyl groups is 2. The zero-order valence-electron chi connectivity index (χ0n) is 13.2. The molecule has 1 heterocycles. The van der Waals surface area contributed by atoms with Gasteiger partial charge in [0.2, 0.25) is 11.7 Å². The second-order valence-electron chi connectivity index (χ2n) is 5.51. The van der Waals surface area contributed by atoms with Crippen LogP contribution in [0.3, 0.4) is 0 Å². The van der Waals surface area contributed by atoms with Crippen molar-refractivity contribution < 1.29 is 19.4 Å². The Morgan fingerprint density at radius 2 is 1.92 bits per heavy atom. The summed E-state index contributed by atoms with van der Waals surface area (Å²) in [6.07, 6.45) is -0.211. The Kier molecular flexibility index (Phi) is 4.37. The second kappa shape index (κ2) is 6.49. The van der Waals surface area contributed by atoms with Crippen molar-refractivity contribution >= 4 is 34.2 Å². The Labute approximate surface area is 147 Å². The summed E-state index contributed by atoms with van der Waals surface area (Å²) in [5.74, 6) is -1.32. The third-order valence-electron chi connectivity index (χ3n) is 3.89. The zero-order valence-corrected chi connectivity index (χ0v) is 13.9. The minimum atomic E-state index is -0.750. The third kappa shape index (κ3) is 3.16. The Hall–Kier alpha value is -2.99. The van der Waals surface area contributed by atoms with Gasteiger partial charge >= 0.3 is 5.63 Å². The van der Waals surface area contributed by atoms with Crippen LogP contribution in [0.4, 0.5) is 5.69 Å². The first-order valence-electron chi connectivity index (χ1n) is 7.40. The maximum atomic E-state index is 12.3. The quantitative estimate of drug-likeness (QED) is 0.492. The number of rotatable bonds is 3. The van der Waals surface area contributed by atoms with Crippen LogP contribution in [-0.2, 0) is 11.2 Å². The van der Waals surface area contributed by atoms with Gasteiger partial charge in [0.1, 0.15) is 0 Å². The topological polar surface area (TPSA) is 99.8 Å². The van der Waals surface area contributed by atoms with Crippen LogP contribution in [0, 0.1) is 6.92 Å². The van der Waals surface area contributed by atoms with Gasteiger partial charge in [-0.2, -0.15) is 0 Å². The van der Waals surface area contributed by atoms with Gasteiger partial charge in [-0.1, -0.05) is 23.7 Å². The highest BCUT2D eigenvalue weighted by molar-refractivity contribution is 6.33. The number of hydrogen-bond donors (Lipinski definition) is 3. The number of benzene rings is 2. The molecule has 3 rings (SSSR count). The first-order chi connectivity index (χ1) is 11.9. The van der Waals surface area contributed by atoms with Gasteiger partial charge in [0.15, 0.2) is 11.3 Å². The standard InChI is InChI=1S/C18H14ClNO5/c1-9-10-6-7-14(21)16(23)17(10)25-18(24)11(9)8-15(22)20-13-5-3-2-4-12(13)19/h2-7,21,23H,8H2,1H3,(H,20,22). The van der Waals surface area contributed by atoms with E-state index in [0.29, 0.717) is 21.7 Å². The Bertz CT molecular complexity index is 1040. The molecule has 1 aromatic heterocycles. The summed E-state index contributed by atoms with van der Waals surface area (Å²) < 4.78 is 5.09. The SMILES string of the molecule is Cc1c(CC(=O)Nc2ccccc2Cl)c(=O)oc2c(O)c(O)ccc12. The number of phenols is 2. The summed E-state index contributed by atoms with van der Waals surface area (Å²) in [4.78, 5) is 24.5. The third-order valence-corrected chi connectivity index (χ3v) is 4.22. The number of halogens is 1. The average molecular weight is 360 g/mol. The van der Waals surface area contributed by atoms with E-state index in [2.05, 4.69) is 5.32 Å². The summed E-state index contributed by atoms with van der Waals surface area (Å²) in [6, 6.07) is 9.56. The maximum Gasteiger partial charge on any atom is 0.340 e. The van der Waals surface area contributed by atoms with E-state index in [1.807, 2.05) is 0 Å². The number of carbonyl (C=O) groups excluding carboxylic acids is 1. The monoisotopic (exact) mass is 359 g/mol. The number of nitrogens with one attached hydrogen (secondary N) is 1.